The molecule has 0 fully saturated rings. The van der Waals surface area contributed by atoms with Gasteiger partial charge in [-0.2, -0.15) is 0 Å². The molecule has 0 saturated heterocycles. The molecule has 0 bridgehead atoms. The van der Waals surface area contributed by atoms with Crippen molar-refractivity contribution < 1.29 is 4.74 Å². The van der Waals surface area contributed by atoms with Crippen LogP contribution in [0, 0.1) is 12.3 Å². The third-order valence-corrected chi connectivity index (χ3v) is 2.34. The second-order valence-corrected chi connectivity index (χ2v) is 3.53. The molecule has 0 unspecified atom stereocenters. The lowest BCUT2D eigenvalue weighted by Crippen LogP contribution is -2.12. The first-order valence-corrected chi connectivity index (χ1v) is 5.41. The number of benzene rings is 1. The zero-order valence-electron chi connectivity index (χ0n) is 9.47. The average molecular weight is 226 g/mol. The lowest BCUT2D eigenvalue weighted by atomic mass is 10.2. The summed E-state index contributed by atoms with van der Waals surface area (Å²) in [5.41, 5.74) is 4.32. The Morgan fingerprint density at radius 1 is 1.18 bits per heavy atom. The number of para-hydroxylation sites is 1. The van der Waals surface area contributed by atoms with Gasteiger partial charge in [0, 0.05) is 18.0 Å². The van der Waals surface area contributed by atoms with E-state index in [9.17, 15) is 0 Å². The van der Waals surface area contributed by atoms with Crippen LogP contribution in [0.2, 0.25) is 0 Å². The first-order valence-electron chi connectivity index (χ1n) is 5.41. The highest BCUT2D eigenvalue weighted by Crippen LogP contribution is 2.17. The van der Waals surface area contributed by atoms with Crippen LogP contribution in [0.3, 0.4) is 0 Å². The van der Waals surface area contributed by atoms with E-state index in [1.165, 1.54) is 0 Å². The summed E-state index contributed by atoms with van der Waals surface area (Å²) < 4.78 is 7.37. The van der Waals surface area contributed by atoms with Crippen LogP contribution in [-0.2, 0) is 6.54 Å². The highest BCUT2D eigenvalue weighted by molar-refractivity contribution is 5.34. The van der Waals surface area contributed by atoms with Gasteiger partial charge in [0.2, 0.25) is 0 Å². The van der Waals surface area contributed by atoms with Crippen LogP contribution >= 0.6 is 0 Å². The molecular weight excluding hydrogens is 212 g/mol. The second kappa shape index (κ2) is 5.66. The molecular formula is C14H14N2O. The maximum absolute atomic E-state index is 5.47. The minimum atomic E-state index is 0.292. The molecule has 2 rings (SSSR count). The molecule has 17 heavy (non-hydrogen) atoms. The predicted octanol–water partition coefficient (Wildman–Crippen LogP) is 2.24. The van der Waals surface area contributed by atoms with Crippen LogP contribution in [0.4, 0.5) is 0 Å². The number of hydrogen-bond donors (Lipinski definition) is 1. The fraction of sp³-hybridized carbons (Fsp3) is 0.143. The van der Waals surface area contributed by atoms with Crippen molar-refractivity contribution in [1.82, 2.24) is 4.68 Å². The van der Waals surface area contributed by atoms with E-state index < -0.39 is 0 Å². The molecule has 0 spiro atoms. The van der Waals surface area contributed by atoms with Crippen molar-refractivity contribution in [2.24, 2.45) is 0 Å². The number of nitrogens with zero attached hydrogens (tertiary/aromatic N) is 1. The third kappa shape index (κ3) is 3.05. The van der Waals surface area contributed by atoms with Crippen molar-refractivity contribution in [2.75, 3.05) is 12.0 Å². The van der Waals surface area contributed by atoms with Gasteiger partial charge in [0.15, 0.2) is 0 Å². The van der Waals surface area contributed by atoms with Crippen LogP contribution in [0.1, 0.15) is 5.56 Å². The Morgan fingerprint density at radius 3 is 2.71 bits per heavy atom. The maximum atomic E-state index is 5.47. The number of ether oxygens (including phenoxy) is 1. The summed E-state index contributed by atoms with van der Waals surface area (Å²) in [6.07, 6.45) is 9.08. The summed E-state index contributed by atoms with van der Waals surface area (Å²) in [6.45, 7) is 0.982. The average Bonchev–Trinajstić information content (AvgIpc) is 2.88. The lowest BCUT2D eigenvalue weighted by molar-refractivity contribution is 0.366. The summed E-state index contributed by atoms with van der Waals surface area (Å²) in [6, 6.07) is 11.8. The smallest absolute Gasteiger partial charge is 0.148 e. The monoisotopic (exact) mass is 226 g/mol. The minimum absolute atomic E-state index is 0.292. The summed E-state index contributed by atoms with van der Waals surface area (Å²) in [7, 11) is 0. The Morgan fingerprint density at radius 2 is 1.94 bits per heavy atom. The summed E-state index contributed by atoms with van der Waals surface area (Å²) in [5, 5.41) is 0. The Labute approximate surface area is 101 Å². The molecule has 0 amide bonds. The molecule has 0 radical (unpaired) electrons. The molecule has 86 valence electrons. The SMILES string of the molecule is C#CCOc1ccccc1CNn1cccc1. The van der Waals surface area contributed by atoms with Gasteiger partial charge in [-0.3, -0.25) is 4.68 Å². The molecule has 2 aromatic rings. The van der Waals surface area contributed by atoms with Crippen molar-refractivity contribution in [2.45, 2.75) is 6.54 Å². The van der Waals surface area contributed by atoms with Crippen LogP contribution in [0.25, 0.3) is 0 Å². The largest absolute Gasteiger partial charge is 0.481 e. The minimum Gasteiger partial charge on any atom is -0.481 e. The number of nitrogens with one attached hydrogen (secondary N) is 1. The van der Waals surface area contributed by atoms with Gasteiger partial charge in [0.25, 0.3) is 0 Å². The van der Waals surface area contributed by atoms with E-state index in [4.69, 9.17) is 11.2 Å². The molecule has 3 heteroatoms. The normalized spacial score (nSPS) is 9.59. The fourth-order valence-electron chi connectivity index (χ4n) is 1.53. The summed E-state index contributed by atoms with van der Waals surface area (Å²) >= 11 is 0. The molecule has 0 aliphatic carbocycles. The Hall–Kier alpha value is -2.34. The van der Waals surface area contributed by atoms with E-state index in [0.29, 0.717) is 13.2 Å². The molecule has 1 aromatic carbocycles. The van der Waals surface area contributed by atoms with E-state index in [1.54, 1.807) is 0 Å². The molecule has 0 saturated carbocycles. The van der Waals surface area contributed by atoms with Crippen LogP contribution in [0.15, 0.2) is 48.8 Å². The fourth-order valence-corrected chi connectivity index (χ4v) is 1.53. The van der Waals surface area contributed by atoms with Gasteiger partial charge in [-0.05, 0) is 18.2 Å². The Bertz CT molecular complexity index is 497. The number of rotatable bonds is 5. The number of terminal acetylenes is 1. The van der Waals surface area contributed by atoms with E-state index in [1.807, 2.05) is 53.5 Å². The van der Waals surface area contributed by atoms with Crippen molar-refractivity contribution >= 4 is 0 Å². The van der Waals surface area contributed by atoms with Crippen molar-refractivity contribution in [1.29, 1.82) is 0 Å². The molecule has 1 aromatic heterocycles. The molecule has 3 nitrogen and oxygen atoms in total. The van der Waals surface area contributed by atoms with Gasteiger partial charge in [0.05, 0.1) is 6.54 Å². The molecule has 1 N–H and O–H groups in total. The van der Waals surface area contributed by atoms with Crippen LogP contribution < -0.4 is 10.2 Å². The van der Waals surface area contributed by atoms with Crippen molar-refractivity contribution in [3.8, 4) is 18.1 Å². The Balaban J connectivity index is 2.02. The predicted molar refractivity (Wildman–Crippen MR) is 68.3 cm³/mol. The molecule has 0 atom stereocenters. The zero-order valence-corrected chi connectivity index (χ0v) is 9.47. The number of hydrogen-bond acceptors (Lipinski definition) is 2. The summed E-state index contributed by atoms with van der Waals surface area (Å²) in [4.78, 5) is 0. The highest BCUT2D eigenvalue weighted by Gasteiger charge is 2.01. The van der Waals surface area contributed by atoms with Gasteiger partial charge in [0.1, 0.15) is 12.4 Å². The zero-order chi connectivity index (χ0) is 11.9. The van der Waals surface area contributed by atoms with Crippen LogP contribution in [-0.4, -0.2) is 11.3 Å². The summed E-state index contributed by atoms with van der Waals surface area (Å²) in [5.74, 6) is 3.29. The Kier molecular flexibility index (Phi) is 3.72. The van der Waals surface area contributed by atoms with Gasteiger partial charge in [-0.15, -0.1) is 6.42 Å². The first kappa shape index (κ1) is 11.2. The quantitative estimate of drug-likeness (QED) is 0.791. The van der Waals surface area contributed by atoms with Gasteiger partial charge in [-0.1, -0.05) is 24.1 Å². The van der Waals surface area contributed by atoms with Gasteiger partial charge < -0.3 is 10.2 Å². The second-order valence-electron chi connectivity index (χ2n) is 3.53. The third-order valence-electron chi connectivity index (χ3n) is 2.34. The van der Waals surface area contributed by atoms with Gasteiger partial charge in [-0.25, -0.2) is 0 Å². The molecule has 0 aliphatic heterocycles. The first-order chi connectivity index (χ1) is 8.40. The van der Waals surface area contributed by atoms with Crippen LogP contribution in [0.5, 0.6) is 5.75 Å². The highest BCUT2D eigenvalue weighted by atomic mass is 16.5. The van der Waals surface area contributed by atoms with E-state index in [-0.39, 0.29) is 0 Å². The molecule has 0 aliphatic rings. The van der Waals surface area contributed by atoms with E-state index in [0.717, 1.165) is 11.3 Å². The maximum Gasteiger partial charge on any atom is 0.148 e. The standard InChI is InChI=1S/C14H14N2O/c1-2-11-17-14-8-4-3-7-13(14)12-15-16-9-5-6-10-16/h1,3-10,15H,11-12H2. The lowest BCUT2D eigenvalue weighted by Gasteiger charge is -2.11. The number of aromatic nitrogens is 1. The van der Waals surface area contributed by atoms with Crippen molar-refractivity contribution in [3.05, 3.63) is 54.4 Å². The molecule has 1 heterocycles. The van der Waals surface area contributed by atoms with Crippen molar-refractivity contribution in [3.63, 3.8) is 0 Å². The van der Waals surface area contributed by atoms with Gasteiger partial charge >= 0.3 is 0 Å². The van der Waals surface area contributed by atoms with E-state index in [2.05, 4.69) is 11.3 Å². The topological polar surface area (TPSA) is 26.2 Å². The van der Waals surface area contributed by atoms with E-state index >= 15 is 0 Å².